The summed E-state index contributed by atoms with van der Waals surface area (Å²) in [6, 6.07) is 10.1. The number of amides is 3. The molecule has 30 heavy (non-hydrogen) atoms. The second-order valence-electron chi connectivity index (χ2n) is 6.55. The number of ether oxygens (including phenoxy) is 2. The summed E-state index contributed by atoms with van der Waals surface area (Å²) in [5, 5.41) is 2.85. The summed E-state index contributed by atoms with van der Waals surface area (Å²) in [5.74, 6) is -0.921. The first-order valence-electron chi connectivity index (χ1n) is 8.87. The van der Waals surface area contributed by atoms with Crippen molar-refractivity contribution in [1.82, 2.24) is 10.2 Å². The van der Waals surface area contributed by atoms with Crippen LogP contribution in [0.1, 0.15) is 16.7 Å². The zero-order valence-corrected chi connectivity index (χ0v) is 17.7. The molecule has 2 aromatic rings. The Bertz CT molecular complexity index is 1030. The smallest absolute Gasteiger partial charge is 0.343 e. The molecule has 9 heteroatoms. The van der Waals surface area contributed by atoms with Gasteiger partial charge in [-0.05, 0) is 36.3 Å². The van der Waals surface area contributed by atoms with Gasteiger partial charge >= 0.3 is 12.0 Å². The van der Waals surface area contributed by atoms with Crippen molar-refractivity contribution < 1.29 is 23.9 Å². The number of benzene rings is 2. The molecule has 0 bridgehead atoms. The number of hydrogen-bond donors (Lipinski definition) is 1. The number of rotatable bonds is 6. The largest absolute Gasteiger partial charge is 0.479 e. The van der Waals surface area contributed by atoms with Crippen LogP contribution in [0.5, 0.6) is 5.75 Å². The Kier molecular flexibility index (Phi) is 6.64. The van der Waals surface area contributed by atoms with Gasteiger partial charge in [-0.25, -0.2) is 9.59 Å². The molecule has 2 aromatic carbocycles. The Morgan fingerprint density at radius 3 is 2.50 bits per heavy atom. The van der Waals surface area contributed by atoms with E-state index in [1.54, 1.807) is 0 Å². The Balaban J connectivity index is 1.79. The Labute approximate surface area is 183 Å². The minimum atomic E-state index is -0.582. The van der Waals surface area contributed by atoms with Gasteiger partial charge in [0.15, 0.2) is 12.4 Å². The number of carbonyl (C=O) groups excluding carboxylic acids is 3. The Hall–Kier alpha value is -3.03. The molecule has 0 atom stereocenters. The number of halogens is 2. The van der Waals surface area contributed by atoms with Gasteiger partial charge in [-0.3, -0.25) is 9.69 Å². The highest BCUT2D eigenvalue weighted by Gasteiger charge is 2.33. The quantitative estimate of drug-likeness (QED) is 0.410. The van der Waals surface area contributed by atoms with E-state index in [0.29, 0.717) is 5.56 Å². The third-order valence-electron chi connectivity index (χ3n) is 4.28. The van der Waals surface area contributed by atoms with Crippen LogP contribution < -0.4 is 10.1 Å². The van der Waals surface area contributed by atoms with E-state index in [0.717, 1.165) is 16.0 Å². The van der Waals surface area contributed by atoms with Crippen molar-refractivity contribution in [2.75, 3.05) is 13.7 Å². The van der Waals surface area contributed by atoms with Crippen molar-refractivity contribution in [3.8, 4) is 5.75 Å². The molecule has 3 amide bonds. The van der Waals surface area contributed by atoms with Crippen molar-refractivity contribution in [2.45, 2.75) is 13.5 Å². The molecule has 1 N–H and O–H groups in total. The Morgan fingerprint density at radius 2 is 1.87 bits per heavy atom. The van der Waals surface area contributed by atoms with E-state index in [4.69, 9.17) is 27.9 Å². The van der Waals surface area contributed by atoms with Crippen molar-refractivity contribution in [1.29, 1.82) is 0 Å². The molecule has 1 fully saturated rings. The number of methoxy groups -OCH3 is 1. The van der Waals surface area contributed by atoms with E-state index in [-0.39, 0.29) is 34.6 Å². The SMILES string of the molecule is COC(=O)COc1c(Cl)cc(/C=C2/NC(=O)N(Cc3cccc(C)c3)C2=O)cc1Cl. The first-order valence-corrected chi connectivity index (χ1v) is 9.63. The normalized spacial score (nSPS) is 14.8. The molecular weight excluding hydrogens is 431 g/mol. The average Bonchev–Trinajstić information content (AvgIpc) is 2.94. The summed E-state index contributed by atoms with van der Waals surface area (Å²) in [5.41, 5.74) is 2.46. The van der Waals surface area contributed by atoms with Crippen LogP contribution in [-0.4, -0.2) is 36.5 Å². The van der Waals surface area contributed by atoms with Crippen LogP contribution >= 0.6 is 23.2 Å². The lowest BCUT2D eigenvalue weighted by molar-refractivity contribution is -0.142. The lowest BCUT2D eigenvalue weighted by Crippen LogP contribution is -2.30. The number of nitrogens with one attached hydrogen (secondary N) is 1. The highest BCUT2D eigenvalue weighted by Crippen LogP contribution is 2.35. The van der Waals surface area contributed by atoms with Gasteiger partial charge in [0.1, 0.15) is 5.70 Å². The first kappa shape index (κ1) is 21.7. The van der Waals surface area contributed by atoms with Crippen molar-refractivity contribution >= 4 is 47.2 Å². The minimum Gasteiger partial charge on any atom is -0.479 e. The van der Waals surface area contributed by atoms with Gasteiger partial charge in [0.05, 0.1) is 23.7 Å². The van der Waals surface area contributed by atoms with Crippen LogP contribution in [-0.2, 0) is 20.9 Å². The second-order valence-corrected chi connectivity index (χ2v) is 7.36. The molecule has 0 aliphatic carbocycles. The number of imide groups is 1. The van der Waals surface area contributed by atoms with Crippen molar-refractivity contribution in [2.24, 2.45) is 0 Å². The second kappa shape index (κ2) is 9.19. The van der Waals surface area contributed by atoms with E-state index in [1.165, 1.54) is 25.3 Å². The number of hydrogen-bond acceptors (Lipinski definition) is 5. The molecule has 1 aliphatic heterocycles. The monoisotopic (exact) mass is 448 g/mol. The number of carbonyl (C=O) groups is 3. The summed E-state index contributed by atoms with van der Waals surface area (Å²) in [7, 11) is 1.24. The first-order chi connectivity index (χ1) is 14.3. The fraction of sp³-hybridized carbons (Fsp3) is 0.190. The topological polar surface area (TPSA) is 84.9 Å². The van der Waals surface area contributed by atoms with Crippen LogP contribution in [0.2, 0.25) is 10.0 Å². The molecule has 0 radical (unpaired) electrons. The summed E-state index contributed by atoms with van der Waals surface area (Å²) in [6.45, 7) is 1.75. The third-order valence-corrected chi connectivity index (χ3v) is 4.84. The number of aryl methyl sites for hydroxylation is 1. The zero-order valence-electron chi connectivity index (χ0n) is 16.2. The molecule has 1 aliphatic rings. The molecule has 3 rings (SSSR count). The molecule has 1 heterocycles. The predicted molar refractivity (Wildman–Crippen MR) is 112 cm³/mol. The maximum Gasteiger partial charge on any atom is 0.343 e. The van der Waals surface area contributed by atoms with E-state index < -0.39 is 17.9 Å². The maximum atomic E-state index is 12.7. The fourth-order valence-corrected chi connectivity index (χ4v) is 3.48. The summed E-state index contributed by atoms with van der Waals surface area (Å²) >= 11 is 12.4. The van der Waals surface area contributed by atoms with Gasteiger partial charge in [-0.1, -0.05) is 53.0 Å². The van der Waals surface area contributed by atoms with E-state index in [2.05, 4.69) is 10.1 Å². The molecule has 0 spiro atoms. The number of esters is 1. The van der Waals surface area contributed by atoms with Crippen LogP contribution in [0.15, 0.2) is 42.1 Å². The van der Waals surface area contributed by atoms with Gasteiger partial charge in [-0.2, -0.15) is 0 Å². The van der Waals surface area contributed by atoms with Crippen molar-refractivity contribution in [3.05, 3.63) is 68.8 Å². The lowest BCUT2D eigenvalue weighted by atomic mass is 10.1. The minimum absolute atomic E-state index is 0.100. The van der Waals surface area contributed by atoms with E-state index in [9.17, 15) is 14.4 Å². The average molecular weight is 449 g/mol. The van der Waals surface area contributed by atoms with E-state index >= 15 is 0 Å². The summed E-state index contributed by atoms with van der Waals surface area (Å²) in [6.07, 6.45) is 1.47. The molecular formula is C21H18Cl2N2O5. The molecule has 7 nitrogen and oxygen atoms in total. The number of urea groups is 1. The summed E-state index contributed by atoms with van der Waals surface area (Å²) < 4.78 is 9.78. The van der Waals surface area contributed by atoms with Gasteiger partial charge < -0.3 is 14.8 Å². The van der Waals surface area contributed by atoms with Crippen LogP contribution in [0.3, 0.4) is 0 Å². The van der Waals surface area contributed by atoms with Gasteiger partial charge in [0.2, 0.25) is 0 Å². The molecule has 0 saturated carbocycles. The summed E-state index contributed by atoms with van der Waals surface area (Å²) in [4.78, 5) is 37.3. The highest BCUT2D eigenvalue weighted by atomic mass is 35.5. The van der Waals surface area contributed by atoms with Gasteiger partial charge in [0, 0.05) is 0 Å². The highest BCUT2D eigenvalue weighted by molar-refractivity contribution is 6.37. The molecule has 0 aromatic heterocycles. The van der Waals surface area contributed by atoms with Gasteiger partial charge in [-0.15, -0.1) is 0 Å². The number of nitrogens with zero attached hydrogens (tertiary/aromatic N) is 1. The molecule has 0 unspecified atom stereocenters. The Morgan fingerprint density at radius 1 is 1.17 bits per heavy atom. The maximum absolute atomic E-state index is 12.7. The predicted octanol–water partition coefficient (Wildman–Crippen LogP) is 3.95. The van der Waals surface area contributed by atoms with Crippen molar-refractivity contribution in [3.63, 3.8) is 0 Å². The van der Waals surface area contributed by atoms with Crippen LogP contribution in [0.4, 0.5) is 4.79 Å². The lowest BCUT2D eigenvalue weighted by Gasteiger charge is -2.12. The molecule has 156 valence electrons. The van der Waals surface area contributed by atoms with Crippen LogP contribution in [0, 0.1) is 6.92 Å². The standard InChI is InChI=1S/C21H18Cl2N2O5/c1-12-4-3-5-13(6-12)10-25-20(27)17(24-21(25)28)9-14-7-15(22)19(16(23)8-14)30-11-18(26)29-2/h3-9H,10-11H2,1-2H3,(H,24,28)/b17-9+. The fourth-order valence-electron chi connectivity index (χ4n) is 2.87. The van der Waals surface area contributed by atoms with E-state index in [1.807, 2.05) is 31.2 Å². The van der Waals surface area contributed by atoms with Crippen LogP contribution in [0.25, 0.3) is 6.08 Å². The third kappa shape index (κ3) is 4.93. The zero-order chi connectivity index (χ0) is 21.8. The molecule has 1 saturated heterocycles. The van der Waals surface area contributed by atoms with Gasteiger partial charge in [0.25, 0.3) is 5.91 Å².